The van der Waals surface area contributed by atoms with Gasteiger partial charge in [0.05, 0.1) is 6.54 Å². The number of hydrogen-bond acceptors (Lipinski definition) is 3. The van der Waals surface area contributed by atoms with Gasteiger partial charge in [0.25, 0.3) is 11.5 Å². The Labute approximate surface area is 182 Å². The maximum absolute atomic E-state index is 13.3. The molecule has 2 aromatic heterocycles. The van der Waals surface area contributed by atoms with E-state index in [9.17, 15) is 9.59 Å². The molecule has 0 aliphatic carbocycles. The first-order valence-corrected chi connectivity index (χ1v) is 10.3. The molecule has 0 unspecified atom stereocenters. The van der Waals surface area contributed by atoms with Crippen LogP contribution >= 0.6 is 15.9 Å². The van der Waals surface area contributed by atoms with Crippen LogP contribution in [0.4, 0.5) is 5.69 Å². The van der Waals surface area contributed by atoms with Crippen molar-refractivity contribution in [3.8, 4) is 0 Å². The van der Waals surface area contributed by atoms with Crippen LogP contribution in [0.25, 0.3) is 11.0 Å². The molecule has 0 aliphatic rings. The zero-order valence-corrected chi connectivity index (χ0v) is 18.2. The summed E-state index contributed by atoms with van der Waals surface area (Å²) in [6.07, 6.45) is 1.65. The molecule has 2 aromatic carbocycles. The first kappa shape index (κ1) is 20.0. The van der Waals surface area contributed by atoms with Gasteiger partial charge in [0.2, 0.25) is 0 Å². The van der Waals surface area contributed by atoms with Gasteiger partial charge < -0.3 is 5.32 Å². The Balaban J connectivity index is 1.77. The SMILES string of the molecule is Cc1ccc(Cn2c(=O)c(C(=O)Nc3ccc(Br)c(C)c3)cc3cccnc32)cc1. The number of halogens is 1. The predicted molar refractivity (Wildman–Crippen MR) is 123 cm³/mol. The van der Waals surface area contributed by atoms with Crippen molar-refractivity contribution in [3.63, 3.8) is 0 Å². The van der Waals surface area contributed by atoms with Gasteiger partial charge in [0.15, 0.2) is 0 Å². The molecule has 6 heteroatoms. The number of fused-ring (bicyclic) bond motifs is 1. The van der Waals surface area contributed by atoms with Crippen LogP contribution in [0.15, 0.2) is 76.1 Å². The largest absolute Gasteiger partial charge is 0.322 e. The number of anilines is 1. The number of amides is 1. The second-order valence-corrected chi connectivity index (χ2v) is 8.12. The van der Waals surface area contributed by atoms with Crippen LogP contribution in [0.1, 0.15) is 27.0 Å². The smallest absolute Gasteiger partial charge is 0.265 e. The summed E-state index contributed by atoms with van der Waals surface area (Å²) in [6, 6.07) is 18.7. The average molecular weight is 462 g/mol. The van der Waals surface area contributed by atoms with Gasteiger partial charge in [0.1, 0.15) is 11.2 Å². The van der Waals surface area contributed by atoms with E-state index in [0.717, 1.165) is 26.5 Å². The first-order chi connectivity index (χ1) is 14.4. The van der Waals surface area contributed by atoms with E-state index in [1.807, 2.05) is 56.3 Å². The lowest BCUT2D eigenvalue weighted by Crippen LogP contribution is -2.30. The van der Waals surface area contributed by atoms with Gasteiger partial charge in [-0.3, -0.25) is 14.2 Å². The molecular formula is C24H20BrN3O2. The highest BCUT2D eigenvalue weighted by molar-refractivity contribution is 9.10. The van der Waals surface area contributed by atoms with E-state index in [1.165, 1.54) is 0 Å². The molecule has 150 valence electrons. The van der Waals surface area contributed by atoms with Gasteiger partial charge in [-0.1, -0.05) is 45.8 Å². The fraction of sp³-hybridized carbons (Fsp3) is 0.125. The number of pyridine rings is 2. The number of rotatable bonds is 4. The molecule has 0 fully saturated rings. The lowest BCUT2D eigenvalue weighted by molar-refractivity contribution is 0.102. The third-order valence-electron chi connectivity index (χ3n) is 4.97. The molecule has 0 saturated heterocycles. The van der Waals surface area contributed by atoms with Crippen molar-refractivity contribution in [1.82, 2.24) is 9.55 Å². The summed E-state index contributed by atoms with van der Waals surface area (Å²) in [7, 11) is 0. The van der Waals surface area contributed by atoms with E-state index < -0.39 is 5.91 Å². The zero-order valence-electron chi connectivity index (χ0n) is 16.6. The summed E-state index contributed by atoms with van der Waals surface area (Å²) in [5.74, 6) is -0.440. The Hall–Kier alpha value is -3.25. The van der Waals surface area contributed by atoms with Crippen molar-refractivity contribution in [2.24, 2.45) is 0 Å². The Kier molecular flexibility index (Phi) is 5.50. The average Bonchev–Trinajstić information content (AvgIpc) is 2.74. The van der Waals surface area contributed by atoms with Crippen molar-refractivity contribution < 1.29 is 4.79 Å². The van der Waals surface area contributed by atoms with Crippen LogP contribution in [0.3, 0.4) is 0 Å². The van der Waals surface area contributed by atoms with Gasteiger partial charge >= 0.3 is 0 Å². The summed E-state index contributed by atoms with van der Waals surface area (Å²) in [5, 5.41) is 3.57. The van der Waals surface area contributed by atoms with Crippen LogP contribution in [0, 0.1) is 13.8 Å². The van der Waals surface area contributed by atoms with E-state index in [4.69, 9.17) is 0 Å². The number of hydrogen-bond donors (Lipinski definition) is 1. The Morgan fingerprint density at radius 2 is 1.83 bits per heavy atom. The molecule has 0 radical (unpaired) electrons. The van der Waals surface area contributed by atoms with E-state index in [2.05, 4.69) is 26.2 Å². The van der Waals surface area contributed by atoms with Crippen LogP contribution < -0.4 is 10.9 Å². The maximum atomic E-state index is 13.3. The molecule has 30 heavy (non-hydrogen) atoms. The van der Waals surface area contributed by atoms with Gasteiger partial charge in [0, 0.05) is 21.7 Å². The van der Waals surface area contributed by atoms with Crippen LogP contribution in [0.2, 0.25) is 0 Å². The van der Waals surface area contributed by atoms with Crippen LogP contribution in [-0.2, 0) is 6.54 Å². The Morgan fingerprint density at radius 1 is 1.07 bits per heavy atom. The number of aryl methyl sites for hydroxylation is 2. The zero-order chi connectivity index (χ0) is 21.3. The lowest BCUT2D eigenvalue weighted by Gasteiger charge is -2.13. The van der Waals surface area contributed by atoms with E-state index in [1.54, 1.807) is 29.0 Å². The number of benzene rings is 2. The van der Waals surface area contributed by atoms with E-state index in [-0.39, 0.29) is 11.1 Å². The molecule has 1 N–H and O–H groups in total. The standard InChI is InChI=1S/C24H20BrN3O2/c1-15-5-7-17(8-6-15)14-28-22-18(4-3-11-26-22)13-20(24(28)30)23(29)27-19-9-10-21(25)16(2)12-19/h3-13H,14H2,1-2H3,(H,27,29). The summed E-state index contributed by atoms with van der Waals surface area (Å²) in [5.41, 5.74) is 4.02. The fourth-order valence-corrected chi connectivity index (χ4v) is 3.56. The molecule has 0 bridgehead atoms. The molecule has 0 aliphatic heterocycles. The number of nitrogens with zero attached hydrogens (tertiary/aromatic N) is 2. The highest BCUT2D eigenvalue weighted by Crippen LogP contribution is 2.21. The quantitative estimate of drug-likeness (QED) is 0.460. The van der Waals surface area contributed by atoms with Crippen molar-refractivity contribution >= 4 is 38.6 Å². The fourth-order valence-electron chi connectivity index (χ4n) is 3.31. The molecular weight excluding hydrogens is 442 g/mol. The third-order valence-corrected chi connectivity index (χ3v) is 5.86. The van der Waals surface area contributed by atoms with Crippen molar-refractivity contribution in [3.05, 3.63) is 104 Å². The van der Waals surface area contributed by atoms with Crippen LogP contribution in [0.5, 0.6) is 0 Å². The number of nitrogens with one attached hydrogen (secondary N) is 1. The third kappa shape index (κ3) is 4.04. The molecule has 5 nitrogen and oxygen atoms in total. The molecule has 1 amide bonds. The second-order valence-electron chi connectivity index (χ2n) is 7.27. The predicted octanol–water partition coefficient (Wildman–Crippen LogP) is 5.08. The highest BCUT2D eigenvalue weighted by atomic mass is 79.9. The van der Waals surface area contributed by atoms with Gasteiger partial charge in [-0.2, -0.15) is 0 Å². The topological polar surface area (TPSA) is 64.0 Å². The molecule has 0 atom stereocenters. The summed E-state index contributed by atoms with van der Waals surface area (Å²) in [4.78, 5) is 30.6. The van der Waals surface area contributed by atoms with Crippen molar-refractivity contribution in [1.29, 1.82) is 0 Å². The highest BCUT2D eigenvalue weighted by Gasteiger charge is 2.17. The first-order valence-electron chi connectivity index (χ1n) is 9.54. The normalized spacial score (nSPS) is 10.9. The number of carbonyl (C=O) groups is 1. The van der Waals surface area contributed by atoms with E-state index in [0.29, 0.717) is 17.9 Å². The molecule has 4 aromatic rings. The summed E-state index contributed by atoms with van der Waals surface area (Å²) in [6.45, 7) is 4.29. The second kappa shape index (κ2) is 8.24. The minimum absolute atomic E-state index is 0.0863. The van der Waals surface area contributed by atoms with Crippen LogP contribution in [-0.4, -0.2) is 15.5 Å². The molecule has 0 spiro atoms. The summed E-state index contributed by atoms with van der Waals surface area (Å²) < 4.78 is 2.51. The van der Waals surface area contributed by atoms with Gasteiger partial charge in [-0.25, -0.2) is 4.98 Å². The van der Waals surface area contributed by atoms with Crippen molar-refractivity contribution in [2.45, 2.75) is 20.4 Å². The van der Waals surface area contributed by atoms with Gasteiger partial charge in [-0.15, -0.1) is 0 Å². The number of carbonyl (C=O) groups excluding carboxylic acids is 1. The van der Waals surface area contributed by atoms with Gasteiger partial charge in [-0.05, 0) is 61.4 Å². The lowest BCUT2D eigenvalue weighted by atomic mass is 10.1. The molecule has 4 rings (SSSR count). The van der Waals surface area contributed by atoms with Crippen molar-refractivity contribution in [2.75, 3.05) is 5.32 Å². The Morgan fingerprint density at radius 3 is 2.57 bits per heavy atom. The monoisotopic (exact) mass is 461 g/mol. The summed E-state index contributed by atoms with van der Waals surface area (Å²) >= 11 is 3.45. The molecule has 0 saturated carbocycles. The Bertz CT molecular complexity index is 1310. The number of aromatic nitrogens is 2. The molecule has 2 heterocycles. The minimum atomic E-state index is -0.440. The minimum Gasteiger partial charge on any atom is -0.322 e. The maximum Gasteiger partial charge on any atom is 0.265 e. The van der Waals surface area contributed by atoms with E-state index >= 15 is 0 Å².